The first-order chi connectivity index (χ1) is 8.26. The van der Waals surface area contributed by atoms with Crippen LogP contribution in [-0.4, -0.2) is 31.0 Å². The minimum Gasteiger partial charge on any atom is -0.379 e. The molecule has 1 heterocycles. The predicted octanol–water partition coefficient (Wildman–Crippen LogP) is 1.73. The average molecular weight is 242 g/mol. The summed E-state index contributed by atoms with van der Waals surface area (Å²) in [6, 6.07) is 1.91. The van der Waals surface area contributed by atoms with Crippen molar-refractivity contribution in [3.05, 3.63) is 17.5 Å². The number of hydrogen-bond acceptors (Lipinski definition) is 5. The molecule has 0 saturated heterocycles. The van der Waals surface area contributed by atoms with Crippen molar-refractivity contribution in [3.63, 3.8) is 0 Å². The SMILES string of the molecule is CCNCc1cc(COC(C)COCC)on1. The first-order valence-corrected chi connectivity index (χ1v) is 6.10. The van der Waals surface area contributed by atoms with Gasteiger partial charge in [-0.1, -0.05) is 12.1 Å². The molecule has 1 aromatic heterocycles. The number of nitrogens with one attached hydrogen (secondary N) is 1. The molecule has 1 unspecified atom stereocenters. The molecule has 98 valence electrons. The number of aromatic nitrogens is 1. The summed E-state index contributed by atoms with van der Waals surface area (Å²) in [4.78, 5) is 0. The highest BCUT2D eigenvalue weighted by atomic mass is 16.5. The Morgan fingerprint density at radius 2 is 2.29 bits per heavy atom. The third-order valence-corrected chi connectivity index (χ3v) is 2.23. The standard InChI is InChI=1S/C12H22N2O3/c1-4-13-7-11-6-12(17-14-11)9-16-10(3)8-15-5-2/h6,10,13H,4-5,7-9H2,1-3H3. The number of hydrogen-bond donors (Lipinski definition) is 1. The van der Waals surface area contributed by atoms with Gasteiger partial charge in [-0.25, -0.2) is 0 Å². The molecule has 17 heavy (non-hydrogen) atoms. The van der Waals surface area contributed by atoms with Crippen molar-refractivity contribution in [2.24, 2.45) is 0 Å². The molecule has 5 nitrogen and oxygen atoms in total. The van der Waals surface area contributed by atoms with Gasteiger partial charge in [-0.15, -0.1) is 0 Å². The van der Waals surface area contributed by atoms with E-state index >= 15 is 0 Å². The van der Waals surface area contributed by atoms with Gasteiger partial charge >= 0.3 is 0 Å². The molecule has 0 spiro atoms. The molecule has 0 radical (unpaired) electrons. The highest BCUT2D eigenvalue weighted by Crippen LogP contribution is 2.06. The van der Waals surface area contributed by atoms with Gasteiger partial charge in [0, 0.05) is 19.2 Å². The average Bonchev–Trinajstić information content (AvgIpc) is 2.79. The van der Waals surface area contributed by atoms with E-state index in [-0.39, 0.29) is 6.10 Å². The summed E-state index contributed by atoms with van der Waals surface area (Å²) in [5.41, 5.74) is 0.905. The predicted molar refractivity (Wildman–Crippen MR) is 64.6 cm³/mol. The summed E-state index contributed by atoms with van der Waals surface area (Å²) in [6.45, 7) is 9.41. The quantitative estimate of drug-likeness (QED) is 0.714. The van der Waals surface area contributed by atoms with Crippen LogP contribution in [-0.2, 0) is 22.6 Å². The second-order valence-electron chi connectivity index (χ2n) is 3.85. The number of ether oxygens (including phenoxy) is 2. The van der Waals surface area contributed by atoms with Crippen LogP contribution in [0, 0.1) is 0 Å². The molecule has 0 aliphatic heterocycles. The number of nitrogens with zero attached hydrogens (tertiary/aromatic N) is 1. The molecule has 0 saturated carbocycles. The van der Waals surface area contributed by atoms with Gasteiger partial charge in [-0.3, -0.25) is 0 Å². The van der Waals surface area contributed by atoms with E-state index in [0.717, 1.165) is 24.5 Å². The summed E-state index contributed by atoms with van der Waals surface area (Å²) in [6.07, 6.45) is 0.0669. The molecule has 1 rings (SSSR count). The van der Waals surface area contributed by atoms with Crippen LogP contribution in [0.3, 0.4) is 0 Å². The molecule has 0 aliphatic carbocycles. The second-order valence-corrected chi connectivity index (χ2v) is 3.85. The first kappa shape index (κ1) is 14.2. The maximum Gasteiger partial charge on any atom is 0.162 e. The van der Waals surface area contributed by atoms with Crippen LogP contribution in [0.5, 0.6) is 0 Å². The van der Waals surface area contributed by atoms with Crippen LogP contribution in [0.2, 0.25) is 0 Å². The molecule has 1 aromatic rings. The normalized spacial score (nSPS) is 12.9. The Labute approximate surface area is 102 Å². The van der Waals surface area contributed by atoms with Crippen molar-refractivity contribution < 1.29 is 14.0 Å². The molecule has 0 aliphatic rings. The summed E-state index contributed by atoms with van der Waals surface area (Å²) in [5, 5.41) is 7.13. The maximum atomic E-state index is 5.57. The fourth-order valence-corrected chi connectivity index (χ4v) is 1.32. The third-order valence-electron chi connectivity index (χ3n) is 2.23. The Morgan fingerprint density at radius 3 is 3.00 bits per heavy atom. The fraction of sp³-hybridized carbons (Fsp3) is 0.750. The Kier molecular flexibility index (Phi) is 6.84. The maximum absolute atomic E-state index is 5.57. The first-order valence-electron chi connectivity index (χ1n) is 6.10. The zero-order valence-electron chi connectivity index (χ0n) is 10.9. The Bertz CT molecular complexity index is 302. The summed E-state index contributed by atoms with van der Waals surface area (Å²) in [7, 11) is 0. The van der Waals surface area contributed by atoms with Crippen LogP contribution in [0.15, 0.2) is 10.6 Å². The second kappa shape index (κ2) is 8.22. The molecular formula is C12H22N2O3. The van der Waals surface area contributed by atoms with E-state index in [0.29, 0.717) is 19.8 Å². The zero-order valence-corrected chi connectivity index (χ0v) is 10.9. The van der Waals surface area contributed by atoms with Gasteiger partial charge in [-0.05, 0) is 20.4 Å². The van der Waals surface area contributed by atoms with Crippen LogP contribution < -0.4 is 5.32 Å². The topological polar surface area (TPSA) is 56.5 Å². The lowest BCUT2D eigenvalue weighted by Crippen LogP contribution is -2.15. The third kappa shape index (κ3) is 5.81. The Hall–Kier alpha value is -0.910. The zero-order chi connectivity index (χ0) is 12.5. The largest absolute Gasteiger partial charge is 0.379 e. The molecule has 0 aromatic carbocycles. The van der Waals surface area contributed by atoms with Crippen molar-refractivity contribution in [1.82, 2.24) is 10.5 Å². The highest BCUT2D eigenvalue weighted by molar-refractivity contribution is 5.04. The molecule has 1 N–H and O–H groups in total. The van der Waals surface area contributed by atoms with E-state index in [1.165, 1.54) is 0 Å². The minimum atomic E-state index is 0.0669. The Balaban J connectivity index is 2.24. The van der Waals surface area contributed by atoms with Crippen LogP contribution >= 0.6 is 0 Å². The minimum absolute atomic E-state index is 0.0669. The molecule has 0 fully saturated rings. The van der Waals surface area contributed by atoms with E-state index in [1.54, 1.807) is 0 Å². The van der Waals surface area contributed by atoms with Gasteiger partial charge in [0.25, 0.3) is 0 Å². The van der Waals surface area contributed by atoms with E-state index in [1.807, 2.05) is 19.9 Å². The summed E-state index contributed by atoms with van der Waals surface area (Å²) >= 11 is 0. The van der Waals surface area contributed by atoms with Crippen molar-refractivity contribution >= 4 is 0 Å². The van der Waals surface area contributed by atoms with E-state index < -0.39 is 0 Å². The van der Waals surface area contributed by atoms with Crippen LogP contribution in [0.1, 0.15) is 32.2 Å². The van der Waals surface area contributed by atoms with E-state index in [4.69, 9.17) is 14.0 Å². The van der Waals surface area contributed by atoms with Gasteiger partial charge in [0.05, 0.1) is 18.4 Å². The van der Waals surface area contributed by atoms with Crippen molar-refractivity contribution in [2.45, 2.75) is 40.0 Å². The van der Waals surface area contributed by atoms with Crippen LogP contribution in [0.25, 0.3) is 0 Å². The van der Waals surface area contributed by atoms with Crippen LogP contribution in [0.4, 0.5) is 0 Å². The fourth-order valence-electron chi connectivity index (χ4n) is 1.32. The summed E-state index contributed by atoms with van der Waals surface area (Å²) < 4.78 is 16.0. The monoisotopic (exact) mass is 242 g/mol. The van der Waals surface area contributed by atoms with Gasteiger partial charge in [-0.2, -0.15) is 0 Å². The highest BCUT2D eigenvalue weighted by Gasteiger charge is 2.07. The lowest BCUT2D eigenvalue weighted by Gasteiger charge is -2.10. The number of rotatable bonds is 9. The molecule has 1 atom stereocenters. The van der Waals surface area contributed by atoms with Crippen molar-refractivity contribution in [3.8, 4) is 0 Å². The van der Waals surface area contributed by atoms with Crippen molar-refractivity contribution in [1.29, 1.82) is 0 Å². The smallest absolute Gasteiger partial charge is 0.162 e. The molecule has 0 bridgehead atoms. The lowest BCUT2D eigenvalue weighted by molar-refractivity contribution is -0.0183. The van der Waals surface area contributed by atoms with Gasteiger partial charge < -0.3 is 19.3 Å². The summed E-state index contributed by atoms with van der Waals surface area (Å²) in [5.74, 6) is 0.751. The molecule has 0 amide bonds. The Morgan fingerprint density at radius 1 is 1.47 bits per heavy atom. The van der Waals surface area contributed by atoms with E-state index in [2.05, 4.69) is 17.4 Å². The molecular weight excluding hydrogens is 220 g/mol. The lowest BCUT2D eigenvalue weighted by atomic mass is 10.3. The van der Waals surface area contributed by atoms with Gasteiger partial charge in [0.1, 0.15) is 6.61 Å². The van der Waals surface area contributed by atoms with E-state index in [9.17, 15) is 0 Å². The molecule has 5 heteroatoms. The van der Waals surface area contributed by atoms with Crippen molar-refractivity contribution in [2.75, 3.05) is 19.8 Å². The van der Waals surface area contributed by atoms with Gasteiger partial charge in [0.2, 0.25) is 0 Å². The van der Waals surface area contributed by atoms with Gasteiger partial charge in [0.15, 0.2) is 5.76 Å².